The molecular formula is C33H38F2N10O3. The fourth-order valence-corrected chi connectivity index (χ4v) is 7.21. The van der Waals surface area contributed by atoms with E-state index >= 15 is 0 Å². The van der Waals surface area contributed by atoms with Gasteiger partial charge < -0.3 is 20.2 Å². The van der Waals surface area contributed by atoms with Crippen LogP contribution in [0.25, 0.3) is 11.1 Å². The first-order chi connectivity index (χ1) is 23.2. The Morgan fingerprint density at radius 1 is 1.06 bits per heavy atom. The summed E-state index contributed by atoms with van der Waals surface area (Å²) in [6.07, 6.45) is 7.28. The number of aromatic nitrogens is 6. The van der Waals surface area contributed by atoms with Gasteiger partial charge in [0.15, 0.2) is 5.82 Å². The fourth-order valence-electron chi connectivity index (χ4n) is 7.21. The van der Waals surface area contributed by atoms with Crippen LogP contribution in [-0.4, -0.2) is 89.7 Å². The number of carboxylic acid groups (broad SMARTS) is 1. The van der Waals surface area contributed by atoms with Gasteiger partial charge in [-0.15, -0.1) is 0 Å². The predicted octanol–water partition coefficient (Wildman–Crippen LogP) is 4.33. The second-order valence-corrected chi connectivity index (χ2v) is 12.6. The molecule has 0 atom stereocenters. The van der Waals surface area contributed by atoms with Crippen molar-refractivity contribution >= 4 is 23.5 Å². The summed E-state index contributed by atoms with van der Waals surface area (Å²) in [4.78, 5) is 38.5. The van der Waals surface area contributed by atoms with Gasteiger partial charge in [-0.25, -0.2) is 28.3 Å². The van der Waals surface area contributed by atoms with Gasteiger partial charge in [0, 0.05) is 93.4 Å². The summed E-state index contributed by atoms with van der Waals surface area (Å²) in [5.41, 5.74) is 4.94. The first-order valence-corrected chi connectivity index (χ1v) is 16.2. The van der Waals surface area contributed by atoms with E-state index in [2.05, 4.69) is 34.9 Å². The van der Waals surface area contributed by atoms with Gasteiger partial charge in [0.05, 0.1) is 30.9 Å². The summed E-state index contributed by atoms with van der Waals surface area (Å²) in [5.74, 6) is 0.244. The molecule has 4 aromatic rings. The molecule has 252 valence electrons. The predicted molar refractivity (Wildman–Crippen MR) is 172 cm³/mol. The maximum atomic E-state index is 14.6. The lowest BCUT2D eigenvalue weighted by Crippen LogP contribution is -2.42. The summed E-state index contributed by atoms with van der Waals surface area (Å²) in [7, 11) is 3.39. The molecule has 1 saturated heterocycles. The molecule has 6 heterocycles. The third-order valence-corrected chi connectivity index (χ3v) is 9.66. The number of aromatic carboxylic acids is 1. The molecule has 3 aliphatic heterocycles. The van der Waals surface area contributed by atoms with Crippen molar-refractivity contribution in [3.8, 4) is 11.1 Å². The molecule has 0 saturated carbocycles. The van der Waals surface area contributed by atoms with E-state index in [0.29, 0.717) is 49.6 Å². The highest BCUT2D eigenvalue weighted by Crippen LogP contribution is 2.43. The summed E-state index contributed by atoms with van der Waals surface area (Å²) in [6.45, 7) is 3.66. The van der Waals surface area contributed by atoms with Crippen LogP contribution in [0, 0.1) is 0 Å². The van der Waals surface area contributed by atoms with E-state index in [1.807, 2.05) is 6.07 Å². The van der Waals surface area contributed by atoms with Gasteiger partial charge in [0.2, 0.25) is 0 Å². The lowest BCUT2D eigenvalue weighted by molar-refractivity contribution is 0.0695. The van der Waals surface area contributed by atoms with Crippen LogP contribution in [0.5, 0.6) is 0 Å². The van der Waals surface area contributed by atoms with Crippen LogP contribution in [0.4, 0.5) is 25.1 Å². The Morgan fingerprint density at radius 2 is 1.83 bits per heavy atom. The number of halogens is 2. The van der Waals surface area contributed by atoms with Crippen LogP contribution in [0.1, 0.15) is 70.3 Å². The number of urea groups is 1. The van der Waals surface area contributed by atoms with E-state index in [0.717, 1.165) is 67.1 Å². The van der Waals surface area contributed by atoms with Crippen LogP contribution < -0.4 is 10.2 Å². The average Bonchev–Trinajstić information content (AvgIpc) is 3.71. The maximum Gasteiger partial charge on any atom is 0.338 e. The number of carbonyl (C=O) groups is 2. The number of piperidine rings is 1. The minimum Gasteiger partial charge on any atom is -0.478 e. The van der Waals surface area contributed by atoms with E-state index in [4.69, 9.17) is 10.2 Å². The van der Waals surface area contributed by atoms with E-state index in [-0.39, 0.29) is 23.2 Å². The molecule has 1 aromatic carbocycles. The smallest absolute Gasteiger partial charge is 0.338 e. The maximum absolute atomic E-state index is 14.6. The van der Waals surface area contributed by atoms with Gasteiger partial charge in [-0.1, -0.05) is 0 Å². The van der Waals surface area contributed by atoms with Crippen LogP contribution in [0.2, 0.25) is 0 Å². The van der Waals surface area contributed by atoms with E-state index < -0.39 is 12.4 Å². The molecule has 3 aliphatic rings. The fraction of sp³-hybridized carbons (Fsp3) is 0.455. The van der Waals surface area contributed by atoms with E-state index in [9.17, 15) is 18.4 Å². The molecule has 0 spiro atoms. The SMILES string of the molecule is CNC(=O)N1CCc2c(c(N3CCCc4cc(-c5cnn(C)c5)c(C(F)F)cc43)nn2C2CCN(Cc3ncc(C(=O)O)cn3)CC2)C1. The first kappa shape index (κ1) is 31.7. The molecule has 13 nitrogen and oxygen atoms in total. The number of hydrogen-bond donors (Lipinski definition) is 2. The van der Waals surface area contributed by atoms with Crippen molar-refractivity contribution in [2.75, 3.05) is 38.1 Å². The summed E-state index contributed by atoms with van der Waals surface area (Å²) in [6, 6.07) is 3.47. The van der Waals surface area contributed by atoms with E-state index in [1.165, 1.54) is 12.4 Å². The normalized spacial score (nSPS) is 17.0. The Labute approximate surface area is 276 Å². The molecule has 3 aromatic heterocycles. The van der Waals surface area contributed by atoms with Crippen molar-refractivity contribution < 1.29 is 23.5 Å². The van der Waals surface area contributed by atoms with Crippen LogP contribution in [-0.2, 0) is 33.0 Å². The van der Waals surface area contributed by atoms with Crippen molar-refractivity contribution in [3.63, 3.8) is 0 Å². The number of nitrogens with one attached hydrogen (secondary N) is 1. The second-order valence-electron chi connectivity index (χ2n) is 12.6. The van der Waals surface area contributed by atoms with Gasteiger partial charge in [-0.2, -0.15) is 10.2 Å². The number of likely N-dealkylation sites (tertiary alicyclic amines) is 1. The molecule has 0 radical (unpaired) electrons. The number of rotatable bonds is 7. The Morgan fingerprint density at radius 3 is 2.50 bits per heavy atom. The van der Waals surface area contributed by atoms with Crippen molar-refractivity contribution in [3.05, 3.63) is 70.7 Å². The molecule has 1 fully saturated rings. The summed E-state index contributed by atoms with van der Waals surface area (Å²) < 4.78 is 32.9. The number of hydrogen-bond acceptors (Lipinski definition) is 8. The lowest BCUT2D eigenvalue weighted by Gasteiger charge is -2.34. The molecule has 2 N–H and O–H groups in total. The monoisotopic (exact) mass is 660 g/mol. The number of benzene rings is 1. The molecule has 0 bridgehead atoms. The zero-order chi connectivity index (χ0) is 33.5. The quantitative estimate of drug-likeness (QED) is 0.297. The molecule has 7 rings (SSSR count). The van der Waals surface area contributed by atoms with Gasteiger partial charge >= 0.3 is 12.0 Å². The third-order valence-electron chi connectivity index (χ3n) is 9.66. The standard InChI is InChI=1S/C33H38F2N10O3/c1-36-33(48)43-11-7-27-26(18-43)31(40-45(27)23-5-9-42(10-6-23)19-29-37-14-21(15-38-29)32(46)47)44-8-3-4-20-12-24(22-16-39-41(2)17-22)25(30(34)35)13-28(20)44/h12-17,23,30H,3-11,18-19H2,1-2H3,(H,36,48)(H,46,47). The number of nitrogens with zero attached hydrogens (tertiary/aromatic N) is 9. The Bertz CT molecular complexity index is 1830. The number of amides is 2. The number of carboxylic acids is 1. The average molecular weight is 661 g/mol. The van der Waals surface area contributed by atoms with Gasteiger partial charge in [-0.05, 0) is 48.9 Å². The molecule has 48 heavy (non-hydrogen) atoms. The van der Waals surface area contributed by atoms with Crippen molar-refractivity contribution in [1.29, 1.82) is 0 Å². The number of alkyl halides is 2. The first-order valence-electron chi connectivity index (χ1n) is 16.2. The van der Waals surface area contributed by atoms with Crippen LogP contribution in [0.3, 0.4) is 0 Å². The highest BCUT2D eigenvalue weighted by Gasteiger charge is 2.35. The highest BCUT2D eigenvalue weighted by atomic mass is 19.3. The lowest BCUT2D eigenvalue weighted by atomic mass is 9.92. The van der Waals surface area contributed by atoms with Crippen molar-refractivity contribution in [1.82, 2.24) is 44.6 Å². The number of fused-ring (bicyclic) bond motifs is 2. The summed E-state index contributed by atoms with van der Waals surface area (Å²) >= 11 is 0. The second kappa shape index (κ2) is 12.9. The van der Waals surface area contributed by atoms with Crippen molar-refractivity contribution in [2.24, 2.45) is 7.05 Å². The van der Waals surface area contributed by atoms with Crippen LogP contribution in [0.15, 0.2) is 36.9 Å². The zero-order valence-electron chi connectivity index (χ0n) is 26.9. The van der Waals surface area contributed by atoms with Gasteiger partial charge in [0.25, 0.3) is 6.43 Å². The largest absolute Gasteiger partial charge is 0.478 e. The Balaban J connectivity index is 1.20. The van der Waals surface area contributed by atoms with Crippen LogP contribution >= 0.6 is 0 Å². The number of carbonyl (C=O) groups excluding carboxylic acids is 1. The highest BCUT2D eigenvalue weighted by molar-refractivity contribution is 5.86. The van der Waals surface area contributed by atoms with Crippen molar-refractivity contribution in [2.45, 2.75) is 57.7 Å². The molecule has 0 aliphatic carbocycles. The Kier molecular flexibility index (Phi) is 8.54. The molecule has 2 amide bonds. The molecule has 0 unspecified atom stereocenters. The van der Waals surface area contributed by atoms with Gasteiger partial charge in [-0.3, -0.25) is 14.3 Å². The molecule has 15 heteroatoms. The topological polar surface area (TPSA) is 138 Å². The Hall–Kier alpha value is -4.92. The van der Waals surface area contributed by atoms with E-state index in [1.54, 1.807) is 42.1 Å². The summed E-state index contributed by atoms with van der Waals surface area (Å²) in [5, 5.41) is 21.3. The number of aryl methyl sites for hydroxylation is 2. The minimum atomic E-state index is -2.67. The zero-order valence-corrected chi connectivity index (χ0v) is 26.9. The minimum absolute atomic E-state index is 0.0390. The third kappa shape index (κ3) is 5.98. The van der Waals surface area contributed by atoms with Gasteiger partial charge in [0.1, 0.15) is 5.82 Å². The number of anilines is 2. The molecular weight excluding hydrogens is 622 g/mol.